The Morgan fingerprint density at radius 3 is 2.29 bits per heavy atom. The van der Waals surface area contributed by atoms with Crippen LogP contribution >= 0.6 is 0 Å². The lowest BCUT2D eigenvalue weighted by Crippen LogP contribution is -2.32. The number of ether oxygens (including phenoxy) is 2. The van der Waals surface area contributed by atoms with Crippen molar-refractivity contribution in [2.75, 3.05) is 14.2 Å². The number of carbonyl (C=O) groups excluding carboxylic acids is 1. The Kier molecular flexibility index (Phi) is 6.87. The number of phenolic OH excluding ortho intramolecular Hbond substituents is 2. The van der Waals surface area contributed by atoms with Crippen LogP contribution in [0.2, 0.25) is 0 Å². The summed E-state index contributed by atoms with van der Waals surface area (Å²) in [6.45, 7) is 0.594. The van der Waals surface area contributed by atoms with Gasteiger partial charge in [0.05, 0.1) is 20.3 Å². The molecule has 0 spiro atoms. The van der Waals surface area contributed by atoms with E-state index in [4.69, 9.17) is 9.47 Å². The van der Waals surface area contributed by atoms with Crippen LogP contribution in [0.4, 0.5) is 0 Å². The molecule has 1 heterocycles. The van der Waals surface area contributed by atoms with Gasteiger partial charge in [-0.05, 0) is 47.0 Å². The van der Waals surface area contributed by atoms with E-state index in [0.717, 1.165) is 22.4 Å². The molecule has 1 unspecified atom stereocenters. The maximum absolute atomic E-state index is 12.8. The van der Waals surface area contributed by atoms with Gasteiger partial charge in [0, 0.05) is 24.7 Å². The van der Waals surface area contributed by atoms with Crippen LogP contribution in [0.25, 0.3) is 6.08 Å². The molecule has 3 aromatic carbocycles. The van der Waals surface area contributed by atoms with E-state index < -0.39 is 0 Å². The third-order valence-electron chi connectivity index (χ3n) is 5.85. The third kappa shape index (κ3) is 5.07. The zero-order chi connectivity index (χ0) is 24.1. The second-order valence-electron chi connectivity index (χ2n) is 8.06. The van der Waals surface area contributed by atoms with Crippen LogP contribution in [0.1, 0.15) is 29.2 Å². The molecule has 1 aliphatic rings. The van der Waals surface area contributed by atoms with E-state index >= 15 is 0 Å². The SMILES string of the molecule is COc1cc(/C=C/C2=CC(=O)CC(c3ccc(O)c(OC)c3)N2Cc2ccccc2)ccc1O. The molecule has 0 amide bonds. The summed E-state index contributed by atoms with van der Waals surface area (Å²) < 4.78 is 10.5. The Hall–Kier alpha value is -4.19. The highest BCUT2D eigenvalue weighted by atomic mass is 16.5. The zero-order valence-corrected chi connectivity index (χ0v) is 19.1. The van der Waals surface area contributed by atoms with Gasteiger partial charge in [-0.2, -0.15) is 0 Å². The van der Waals surface area contributed by atoms with Crippen molar-refractivity contribution >= 4 is 11.9 Å². The van der Waals surface area contributed by atoms with Gasteiger partial charge in [0.2, 0.25) is 0 Å². The highest BCUT2D eigenvalue weighted by Crippen LogP contribution is 2.38. The van der Waals surface area contributed by atoms with Crippen molar-refractivity contribution in [3.05, 3.63) is 101 Å². The van der Waals surface area contributed by atoms with Gasteiger partial charge < -0.3 is 24.6 Å². The minimum Gasteiger partial charge on any atom is -0.504 e. The average molecular weight is 458 g/mol. The van der Waals surface area contributed by atoms with Crippen LogP contribution in [0, 0.1) is 0 Å². The molecule has 0 saturated heterocycles. The summed E-state index contributed by atoms with van der Waals surface area (Å²) in [6.07, 6.45) is 5.76. The fourth-order valence-electron chi connectivity index (χ4n) is 4.09. The largest absolute Gasteiger partial charge is 0.504 e. The topological polar surface area (TPSA) is 79.2 Å². The second kappa shape index (κ2) is 10.2. The first-order valence-electron chi connectivity index (χ1n) is 11.0. The highest BCUT2D eigenvalue weighted by Gasteiger charge is 2.29. The average Bonchev–Trinajstić information content (AvgIpc) is 2.85. The van der Waals surface area contributed by atoms with Crippen molar-refractivity contribution in [1.82, 2.24) is 4.90 Å². The molecule has 3 aromatic rings. The number of nitrogens with zero attached hydrogens (tertiary/aromatic N) is 1. The van der Waals surface area contributed by atoms with Crippen LogP contribution in [0.5, 0.6) is 23.0 Å². The van der Waals surface area contributed by atoms with Gasteiger partial charge in [0.25, 0.3) is 0 Å². The Morgan fingerprint density at radius 1 is 0.912 bits per heavy atom. The van der Waals surface area contributed by atoms with E-state index in [1.165, 1.54) is 14.2 Å². The first kappa shape index (κ1) is 23.0. The molecule has 34 heavy (non-hydrogen) atoms. The molecule has 0 aliphatic carbocycles. The number of phenols is 2. The number of benzene rings is 3. The molecule has 1 atom stereocenters. The standard InChI is InChI=1S/C28H27NO5/c1-33-27-14-19(9-12-25(27)31)8-11-22-16-23(30)17-24(21-10-13-26(32)28(15-21)34-2)29(22)18-20-6-4-3-5-7-20/h3-16,24,31-32H,17-18H2,1-2H3/b11-8+. The lowest BCUT2D eigenvalue weighted by atomic mass is 9.93. The second-order valence-corrected chi connectivity index (χ2v) is 8.06. The molecule has 6 heteroatoms. The Labute approximate surface area is 199 Å². The van der Waals surface area contributed by atoms with Crippen LogP contribution in [0.3, 0.4) is 0 Å². The normalized spacial score (nSPS) is 15.9. The van der Waals surface area contributed by atoms with E-state index in [1.807, 2.05) is 36.4 Å². The van der Waals surface area contributed by atoms with Gasteiger partial charge in [-0.15, -0.1) is 0 Å². The number of ketones is 1. The number of hydrogen-bond acceptors (Lipinski definition) is 6. The van der Waals surface area contributed by atoms with Gasteiger partial charge >= 0.3 is 0 Å². The summed E-state index contributed by atoms with van der Waals surface area (Å²) in [5.41, 5.74) is 3.59. The summed E-state index contributed by atoms with van der Waals surface area (Å²) in [7, 11) is 3.01. The highest BCUT2D eigenvalue weighted by molar-refractivity contribution is 5.92. The fourth-order valence-corrected chi connectivity index (χ4v) is 4.09. The summed E-state index contributed by atoms with van der Waals surface area (Å²) in [5, 5.41) is 19.9. The van der Waals surface area contributed by atoms with Crippen LogP contribution < -0.4 is 9.47 Å². The third-order valence-corrected chi connectivity index (χ3v) is 5.85. The molecular formula is C28H27NO5. The van der Waals surface area contributed by atoms with E-state index in [9.17, 15) is 15.0 Å². The predicted octanol–water partition coefficient (Wildman–Crippen LogP) is 5.23. The summed E-state index contributed by atoms with van der Waals surface area (Å²) in [5.74, 6) is 0.890. The maximum atomic E-state index is 12.8. The Bertz CT molecular complexity index is 1230. The Balaban J connectivity index is 1.73. The smallest absolute Gasteiger partial charge is 0.161 e. The van der Waals surface area contributed by atoms with Crippen molar-refractivity contribution < 1.29 is 24.5 Å². The number of hydrogen-bond donors (Lipinski definition) is 2. The minimum atomic E-state index is -0.235. The van der Waals surface area contributed by atoms with Crippen LogP contribution in [-0.4, -0.2) is 35.1 Å². The molecular weight excluding hydrogens is 430 g/mol. The van der Waals surface area contributed by atoms with Crippen molar-refractivity contribution in [3.8, 4) is 23.0 Å². The number of methoxy groups -OCH3 is 2. The molecule has 1 aliphatic heterocycles. The van der Waals surface area contributed by atoms with Crippen molar-refractivity contribution in [2.45, 2.75) is 19.0 Å². The molecule has 174 valence electrons. The summed E-state index contributed by atoms with van der Waals surface area (Å²) >= 11 is 0. The monoisotopic (exact) mass is 457 g/mol. The van der Waals surface area contributed by atoms with Crippen molar-refractivity contribution in [1.29, 1.82) is 0 Å². The molecule has 4 rings (SSSR count). The van der Waals surface area contributed by atoms with E-state index in [-0.39, 0.29) is 23.3 Å². The van der Waals surface area contributed by atoms with Crippen LogP contribution in [0.15, 0.2) is 84.6 Å². The Morgan fingerprint density at radius 2 is 1.59 bits per heavy atom. The number of rotatable bonds is 7. The first-order valence-corrected chi connectivity index (χ1v) is 11.0. The molecule has 0 fully saturated rings. The quantitative estimate of drug-likeness (QED) is 0.506. The van der Waals surface area contributed by atoms with Gasteiger partial charge in [0.1, 0.15) is 0 Å². The minimum absolute atomic E-state index is 0.0179. The number of allylic oxidation sites excluding steroid dienone is 2. The molecule has 0 radical (unpaired) electrons. The van der Waals surface area contributed by atoms with Crippen molar-refractivity contribution in [3.63, 3.8) is 0 Å². The van der Waals surface area contributed by atoms with Gasteiger partial charge in [-0.1, -0.05) is 48.5 Å². The summed E-state index contributed by atoms with van der Waals surface area (Å²) in [4.78, 5) is 14.9. The van der Waals surface area contributed by atoms with E-state index in [0.29, 0.717) is 24.5 Å². The summed E-state index contributed by atoms with van der Waals surface area (Å²) in [6, 6.07) is 20.1. The first-order chi connectivity index (χ1) is 16.5. The molecule has 2 N–H and O–H groups in total. The zero-order valence-electron chi connectivity index (χ0n) is 19.1. The fraction of sp³-hybridized carbons (Fsp3) is 0.179. The molecule has 0 saturated carbocycles. The molecule has 0 bridgehead atoms. The van der Waals surface area contributed by atoms with Gasteiger partial charge in [-0.3, -0.25) is 4.79 Å². The van der Waals surface area contributed by atoms with Crippen molar-refractivity contribution in [2.24, 2.45) is 0 Å². The molecule has 0 aromatic heterocycles. The van der Waals surface area contributed by atoms with Gasteiger partial charge in [0.15, 0.2) is 28.8 Å². The van der Waals surface area contributed by atoms with Gasteiger partial charge in [-0.25, -0.2) is 0 Å². The van der Waals surface area contributed by atoms with Crippen LogP contribution in [-0.2, 0) is 11.3 Å². The predicted molar refractivity (Wildman–Crippen MR) is 131 cm³/mol. The number of aromatic hydroxyl groups is 2. The van der Waals surface area contributed by atoms with E-state index in [1.54, 1.807) is 36.4 Å². The van der Waals surface area contributed by atoms with E-state index in [2.05, 4.69) is 17.0 Å². The molecule has 6 nitrogen and oxygen atoms in total. The maximum Gasteiger partial charge on any atom is 0.161 e. The lowest BCUT2D eigenvalue weighted by Gasteiger charge is -2.37. The number of carbonyl (C=O) groups is 1. The lowest BCUT2D eigenvalue weighted by molar-refractivity contribution is -0.116.